The number of fused-ring (bicyclic) bond motifs is 11. The van der Waals surface area contributed by atoms with Crippen LogP contribution >= 0.6 is 0 Å². The fraction of sp³-hybridized carbons (Fsp3) is 0.0933. The predicted molar refractivity (Wildman–Crippen MR) is 319 cm³/mol. The van der Waals surface area contributed by atoms with Crippen LogP contribution in [0.1, 0.15) is 72.6 Å². The molecule has 0 unspecified atom stereocenters. The van der Waals surface area contributed by atoms with Crippen LogP contribution < -0.4 is 0 Å². The summed E-state index contributed by atoms with van der Waals surface area (Å²) in [5.74, 6) is -0.0270. The summed E-state index contributed by atoms with van der Waals surface area (Å²) in [6.07, 6.45) is 0. The van der Waals surface area contributed by atoms with Crippen molar-refractivity contribution < 1.29 is 4.42 Å². The molecule has 0 radical (unpaired) electrons. The summed E-state index contributed by atoms with van der Waals surface area (Å²) in [6.45, 7) is 9.67. The third-order valence-corrected chi connectivity index (χ3v) is 17.4. The summed E-state index contributed by atoms with van der Waals surface area (Å²) >= 11 is 0. The Balaban J connectivity index is 0.831. The summed E-state index contributed by atoms with van der Waals surface area (Å²) < 4.78 is 6.47. The van der Waals surface area contributed by atoms with Crippen LogP contribution in [0, 0.1) is 0 Å². The second-order valence-corrected chi connectivity index (χ2v) is 22.4. The van der Waals surface area contributed by atoms with Gasteiger partial charge in [-0.25, -0.2) is 0 Å². The molecule has 15 rings (SSSR count). The molecule has 0 N–H and O–H groups in total. The number of furan rings is 1. The van der Waals surface area contributed by atoms with Crippen molar-refractivity contribution in [2.45, 2.75) is 44.4 Å². The molecule has 2 aliphatic carbocycles. The van der Waals surface area contributed by atoms with Gasteiger partial charge in [0, 0.05) is 33.1 Å². The summed E-state index contributed by atoms with van der Waals surface area (Å²) in [7, 11) is 0. The van der Waals surface area contributed by atoms with E-state index < -0.39 is 0 Å². The summed E-state index contributed by atoms with van der Waals surface area (Å²) in [5, 5.41) is 7.35. The van der Waals surface area contributed by atoms with E-state index in [2.05, 4.69) is 270 Å². The average molecular weight is 971 g/mol. The summed E-state index contributed by atoms with van der Waals surface area (Å²) in [6, 6.07) is 93.1. The molecule has 0 atom stereocenters. The van der Waals surface area contributed by atoms with Crippen LogP contribution in [0.5, 0.6) is 0 Å². The lowest BCUT2D eigenvalue weighted by molar-refractivity contribution is 0.657. The van der Waals surface area contributed by atoms with Gasteiger partial charge in [-0.05, 0) is 152 Å². The second-order valence-electron chi connectivity index (χ2n) is 22.4. The van der Waals surface area contributed by atoms with Gasteiger partial charge in [-0.3, -0.25) is 0 Å². The maximum atomic E-state index is 6.47. The summed E-state index contributed by atoms with van der Waals surface area (Å²) in [4.78, 5) is 0. The molecule has 1 heterocycles. The molecule has 0 bridgehead atoms. The minimum atomic E-state index is -0.210. The van der Waals surface area contributed by atoms with E-state index in [0.717, 1.165) is 33.1 Å². The molecule has 0 spiro atoms. The van der Waals surface area contributed by atoms with Gasteiger partial charge in [0.1, 0.15) is 11.2 Å². The van der Waals surface area contributed by atoms with E-state index in [0.29, 0.717) is 0 Å². The first-order chi connectivity index (χ1) is 37.1. The quantitative estimate of drug-likeness (QED) is 0.145. The van der Waals surface area contributed by atoms with Gasteiger partial charge in [-0.15, -0.1) is 0 Å². The Hall–Kier alpha value is -9.04. The minimum absolute atomic E-state index is 0.0270. The molecule has 1 heteroatoms. The Kier molecular flexibility index (Phi) is 9.79. The Morgan fingerprint density at radius 3 is 1.29 bits per heavy atom. The smallest absolute Gasteiger partial charge is 0.143 e. The normalized spacial score (nSPS) is 13.9. The summed E-state index contributed by atoms with van der Waals surface area (Å²) in [5.41, 5.74) is 25.7. The third kappa shape index (κ3) is 6.92. The number of rotatable bonds is 7. The average Bonchev–Trinajstić information content (AvgIpc) is 4.05. The highest BCUT2D eigenvalue weighted by atomic mass is 16.3. The van der Waals surface area contributed by atoms with Gasteiger partial charge in [-0.2, -0.15) is 0 Å². The highest BCUT2D eigenvalue weighted by Crippen LogP contribution is 2.54. The monoisotopic (exact) mass is 970 g/mol. The number of hydrogen-bond acceptors (Lipinski definition) is 1. The van der Waals surface area contributed by atoms with Gasteiger partial charge in [0.25, 0.3) is 0 Å². The highest BCUT2D eigenvalue weighted by Gasteiger charge is 2.39. The highest BCUT2D eigenvalue weighted by molar-refractivity contribution is 6.09. The van der Waals surface area contributed by atoms with Crippen LogP contribution in [0.3, 0.4) is 0 Å². The van der Waals surface area contributed by atoms with E-state index in [1.807, 2.05) is 6.07 Å². The molecule has 360 valence electrons. The Bertz CT molecular complexity index is 4330. The predicted octanol–water partition coefficient (Wildman–Crippen LogP) is 20.4. The Morgan fingerprint density at radius 2 is 0.697 bits per heavy atom. The van der Waals surface area contributed by atoms with Crippen molar-refractivity contribution in [1.29, 1.82) is 0 Å². The topological polar surface area (TPSA) is 13.1 Å². The maximum Gasteiger partial charge on any atom is 0.143 e. The number of para-hydroxylation sites is 2. The van der Waals surface area contributed by atoms with Gasteiger partial charge in [0.05, 0.1) is 0 Å². The van der Waals surface area contributed by atoms with E-state index in [4.69, 9.17) is 4.42 Å². The molecule has 0 saturated carbocycles. The van der Waals surface area contributed by atoms with Crippen molar-refractivity contribution in [2.75, 3.05) is 0 Å². The first-order valence-electron chi connectivity index (χ1n) is 26.8. The molecule has 2 aliphatic rings. The van der Waals surface area contributed by atoms with Crippen LogP contribution in [-0.2, 0) is 10.8 Å². The molecular weight excluding hydrogens is 917 g/mol. The Labute approximate surface area is 444 Å². The molecule has 13 aromatic rings. The minimum Gasteiger partial charge on any atom is -0.455 e. The van der Waals surface area contributed by atoms with Crippen LogP contribution in [-0.4, -0.2) is 0 Å². The standard InChI is InChI=1S/C75H54O/c1-74(2)67-42-55(53-29-25-46-13-5-7-15-50(46)39-53)31-35-61(67)63-37-33-58(44-69(63)74)72(57-18-11-17-52(41-57)48-23-27-49(28-24-48)60-20-12-21-66-65-19-9-10-22-71(65)76-73(60)66)59-34-38-64-62-36-32-56(43-68(62)75(3,4)70(64)45-59)54-30-26-47-14-6-8-16-51(47)40-54/h5-45,72H,1-4H3. The van der Waals surface area contributed by atoms with Gasteiger partial charge < -0.3 is 4.42 Å². The molecule has 0 fully saturated rings. The lowest BCUT2D eigenvalue weighted by Crippen LogP contribution is -2.17. The van der Waals surface area contributed by atoms with E-state index in [-0.39, 0.29) is 16.7 Å². The van der Waals surface area contributed by atoms with Gasteiger partial charge in [0.2, 0.25) is 0 Å². The zero-order valence-corrected chi connectivity index (χ0v) is 43.2. The lowest BCUT2D eigenvalue weighted by atomic mass is 9.76. The third-order valence-electron chi connectivity index (χ3n) is 17.4. The first kappa shape index (κ1) is 44.4. The molecule has 0 amide bonds. The number of hydrogen-bond donors (Lipinski definition) is 0. The van der Waals surface area contributed by atoms with E-state index in [9.17, 15) is 0 Å². The number of benzene rings is 12. The fourth-order valence-corrected chi connectivity index (χ4v) is 13.3. The van der Waals surface area contributed by atoms with Crippen molar-refractivity contribution >= 4 is 43.5 Å². The largest absolute Gasteiger partial charge is 0.455 e. The SMILES string of the molecule is CC1(C)c2cc(-c3ccc4ccccc4c3)ccc2-c2ccc(C(c3cccc(-c4ccc(-c5cccc6c5oc5ccccc56)cc4)c3)c3ccc4c(c3)C(C)(C)c3cc(-c5ccc6ccccc6c5)ccc3-4)cc21. The van der Waals surface area contributed by atoms with E-state index >= 15 is 0 Å². The molecule has 0 saturated heterocycles. The van der Waals surface area contributed by atoms with Crippen LogP contribution in [0.15, 0.2) is 253 Å². The van der Waals surface area contributed by atoms with Crippen LogP contribution in [0.4, 0.5) is 0 Å². The fourth-order valence-electron chi connectivity index (χ4n) is 13.3. The van der Waals surface area contributed by atoms with Gasteiger partial charge >= 0.3 is 0 Å². The molecular formula is C75H54O. The first-order valence-corrected chi connectivity index (χ1v) is 26.8. The maximum absolute atomic E-state index is 6.47. The van der Waals surface area contributed by atoms with Crippen LogP contribution in [0.25, 0.3) is 110 Å². The van der Waals surface area contributed by atoms with Gasteiger partial charge in [-0.1, -0.05) is 246 Å². The molecule has 12 aromatic carbocycles. The van der Waals surface area contributed by atoms with Gasteiger partial charge in [0.15, 0.2) is 0 Å². The van der Waals surface area contributed by atoms with Crippen molar-refractivity contribution in [3.8, 4) is 66.8 Å². The zero-order valence-electron chi connectivity index (χ0n) is 43.2. The van der Waals surface area contributed by atoms with Crippen molar-refractivity contribution in [1.82, 2.24) is 0 Å². The molecule has 1 aromatic heterocycles. The molecule has 0 aliphatic heterocycles. The lowest BCUT2D eigenvalue weighted by Gasteiger charge is -2.27. The van der Waals surface area contributed by atoms with Crippen molar-refractivity contribution in [2.24, 2.45) is 0 Å². The molecule has 1 nitrogen and oxygen atoms in total. The van der Waals surface area contributed by atoms with Crippen molar-refractivity contribution in [3.63, 3.8) is 0 Å². The van der Waals surface area contributed by atoms with Crippen LogP contribution in [0.2, 0.25) is 0 Å². The second kappa shape index (κ2) is 16.7. The van der Waals surface area contributed by atoms with Crippen molar-refractivity contribution in [3.05, 3.63) is 288 Å². The molecule has 76 heavy (non-hydrogen) atoms. The van der Waals surface area contributed by atoms with E-state index in [1.54, 1.807) is 0 Å². The van der Waals surface area contributed by atoms with E-state index in [1.165, 1.54) is 116 Å². The zero-order chi connectivity index (χ0) is 50.9. The Morgan fingerprint density at radius 1 is 0.276 bits per heavy atom.